The van der Waals surface area contributed by atoms with Gasteiger partial charge in [-0.3, -0.25) is 0 Å². The lowest BCUT2D eigenvalue weighted by Gasteiger charge is -2.39. The molecule has 1 aromatic rings. The van der Waals surface area contributed by atoms with Gasteiger partial charge < -0.3 is 9.73 Å². The van der Waals surface area contributed by atoms with Crippen LogP contribution in [0.2, 0.25) is 0 Å². The van der Waals surface area contributed by atoms with Crippen LogP contribution >= 0.6 is 0 Å². The number of rotatable bonds is 5. The summed E-state index contributed by atoms with van der Waals surface area (Å²) >= 11 is 0. The van der Waals surface area contributed by atoms with E-state index in [1.807, 2.05) is 13.8 Å². The Labute approximate surface area is 123 Å². The molecule has 0 aromatic carbocycles. The quantitative estimate of drug-likeness (QED) is 0.868. The SMILES string of the molecule is CCC(C)(C)C1CCC(NCc2nc(C)c(C)o2)CC1. The van der Waals surface area contributed by atoms with Gasteiger partial charge in [-0.15, -0.1) is 0 Å². The molecule has 2 rings (SSSR count). The first-order valence-corrected chi connectivity index (χ1v) is 8.08. The maximum Gasteiger partial charge on any atom is 0.208 e. The van der Waals surface area contributed by atoms with Gasteiger partial charge in [0.05, 0.1) is 12.2 Å². The molecule has 1 aromatic heterocycles. The lowest BCUT2D eigenvalue weighted by atomic mass is 9.69. The Morgan fingerprint density at radius 1 is 1.20 bits per heavy atom. The topological polar surface area (TPSA) is 38.1 Å². The van der Waals surface area contributed by atoms with Crippen molar-refractivity contribution in [2.45, 2.75) is 79.3 Å². The van der Waals surface area contributed by atoms with Crippen molar-refractivity contribution in [1.29, 1.82) is 0 Å². The van der Waals surface area contributed by atoms with Crippen molar-refractivity contribution in [2.75, 3.05) is 0 Å². The van der Waals surface area contributed by atoms with Crippen molar-refractivity contribution >= 4 is 0 Å². The molecule has 0 bridgehead atoms. The predicted molar refractivity (Wildman–Crippen MR) is 82.6 cm³/mol. The average molecular weight is 278 g/mol. The second kappa shape index (κ2) is 6.30. The van der Waals surface area contributed by atoms with Crippen molar-refractivity contribution in [1.82, 2.24) is 10.3 Å². The maximum absolute atomic E-state index is 5.62. The Kier molecular flexibility index (Phi) is 4.90. The molecule has 1 aliphatic rings. The first-order chi connectivity index (χ1) is 9.42. The Bertz CT molecular complexity index is 409. The molecule has 0 amide bonds. The molecule has 0 unspecified atom stereocenters. The van der Waals surface area contributed by atoms with Crippen LogP contribution in [-0.2, 0) is 6.54 Å². The summed E-state index contributed by atoms with van der Waals surface area (Å²) in [5.74, 6) is 2.66. The molecular weight excluding hydrogens is 248 g/mol. The largest absolute Gasteiger partial charge is 0.444 e. The number of hydrogen-bond acceptors (Lipinski definition) is 3. The zero-order valence-corrected chi connectivity index (χ0v) is 13.8. The zero-order valence-electron chi connectivity index (χ0n) is 13.8. The zero-order chi connectivity index (χ0) is 14.8. The van der Waals surface area contributed by atoms with Crippen molar-refractivity contribution < 1.29 is 4.42 Å². The Balaban J connectivity index is 1.77. The molecule has 1 aliphatic carbocycles. The van der Waals surface area contributed by atoms with Gasteiger partial charge in [0.1, 0.15) is 5.76 Å². The highest BCUT2D eigenvalue weighted by molar-refractivity contribution is 5.05. The average Bonchev–Trinajstić information content (AvgIpc) is 2.76. The van der Waals surface area contributed by atoms with Gasteiger partial charge >= 0.3 is 0 Å². The van der Waals surface area contributed by atoms with E-state index in [-0.39, 0.29) is 0 Å². The number of hydrogen-bond donors (Lipinski definition) is 1. The van der Waals surface area contributed by atoms with E-state index in [9.17, 15) is 0 Å². The van der Waals surface area contributed by atoms with Crippen LogP contribution in [0, 0.1) is 25.2 Å². The van der Waals surface area contributed by atoms with Crippen LogP contribution in [0.3, 0.4) is 0 Å². The smallest absolute Gasteiger partial charge is 0.208 e. The molecule has 0 saturated heterocycles. The van der Waals surface area contributed by atoms with Gasteiger partial charge in [-0.1, -0.05) is 27.2 Å². The Hall–Kier alpha value is -0.830. The molecule has 1 N–H and O–H groups in total. The summed E-state index contributed by atoms with van der Waals surface area (Å²) in [6.45, 7) is 11.9. The number of oxazole rings is 1. The molecule has 114 valence electrons. The number of nitrogens with one attached hydrogen (secondary N) is 1. The third-order valence-corrected chi connectivity index (χ3v) is 5.36. The molecule has 20 heavy (non-hydrogen) atoms. The minimum Gasteiger partial charge on any atom is -0.444 e. The van der Waals surface area contributed by atoms with Crippen LogP contribution in [-0.4, -0.2) is 11.0 Å². The van der Waals surface area contributed by atoms with Crippen molar-refractivity contribution in [2.24, 2.45) is 11.3 Å². The minimum atomic E-state index is 0.502. The molecule has 3 nitrogen and oxygen atoms in total. The van der Waals surface area contributed by atoms with Crippen LogP contribution in [0.25, 0.3) is 0 Å². The van der Waals surface area contributed by atoms with E-state index in [0.717, 1.165) is 29.8 Å². The summed E-state index contributed by atoms with van der Waals surface area (Å²) in [5, 5.41) is 3.61. The Morgan fingerprint density at radius 2 is 1.85 bits per heavy atom. The first-order valence-electron chi connectivity index (χ1n) is 8.08. The normalized spacial score (nSPS) is 24.1. The van der Waals surface area contributed by atoms with E-state index in [2.05, 4.69) is 31.1 Å². The summed E-state index contributed by atoms with van der Waals surface area (Å²) in [6.07, 6.45) is 6.55. The Morgan fingerprint density at radius 3 is 2.35 bits per heavy atom. The van der Waals surface area contributed by atoms with Gasteiger partial charge in [-0.05, 0) is 50.9 Å². The van der Waals surface area contributed by atoms with Gasteiger partial charge in [0.15, 0.2) is 0 Å². The summed E-state index contributed by atoms with van der Waals surface area (Å²) in [6, 6.07) is 0.631. The van der Waals surface area contributed by atoms with E-state index in [0.29, 0.717) is 11.5 Å². The maximum atomic E-state index is 5.62. The summed E-state index contributed by atoms with van der Waals surface area (Å²) < 4.78 is 5.62. The van der Waals surface area contributed by atoms with Gasteiger partial charge in [0.2, 0.25) is 5.89 Å². The van der Waals surface area contributed by atoms with Crippen molar-refractivity contribution in [3.05, 3.63) is 17.3 Å². The standard InChI is InChI=1S/C17H30N2O/c1-6-17(4,5)14-7-9-15(10-8-14)18-11-16-19-12(2)13(3)20-16/h14-15,18H,6-11H2,1-5H3. The van der Waals surface area contributed by atoms with E-state index in [4.69, 9.17) is 4.42 Å². The molecule has 3 heteroatoms. The highest BCUT2D eigenvalue weighted by atomic mass is 16.4. The van der Waals surface area contributed by atoms with E-state index in [1.165, 1.54) is 32.1 Å². The van der Waals surface area contributed by atoms with Crippen LogP contribution in [0.4, 0.5) is 0 Å². The molecular formula is C17H30N2O. The summed E-state index contributed by atoms with van der Waals surface area (Å²) in [5.41, 5.74) is 1.51. The van der Waals surface area contributed by atoms with Crippen LogP contribution in [0.15, 0.2) is 4.42 Å². The van der Waals surface area contributed by atoms with Crippen molar-refractivity contribution in [3.8, 4) is 0 Å². The fourth-order valence-electron chi connectivity index (χ4n) is 3.21. The summed E-state index contributed by atoms with van der Waals surface area (Å²) in [7, 11) is 0. The molecule has 0 spiro atoms. The fraction of sp³-hybridized carbons (Fsp3) is 0.824. The molecule has 0 radical (unpaired) electrons. The number of nitrogens with zero attached hydrogens (tertiary/aromatic N) is 1. The van der Waals surface area contributed by atoms with Gasteiger partial charge in [-0.25, -0.2) is 4.98 Å². The fourth-order valence-corrected chi connectivity index (χ4v) is 3.21. The molecule has 1 saturated carbocycles. The van der Waals surface area contributed by atoms with Crippen LogP contribution in [0.5, 0.6) is 0 Å². The second-order valence-electron chi connectivity index (χ2n) is 7.02. The van der Waals surface area contributed by atoms with E-state index >= 15 is 0 Å². The number of aromatic nitrogens is 1. The van der Waals surface area contributed by atoms with E-state index < -0.39 is 0 Å². The van der Waals surface area contributed by atoms with Gasteiger partial charge in [0.25, 0.3) is 0 Å². The molecule has 0 atom stereocenters. The third-order valence-electron chi connectivity index (χ3n) is 5.36. The lowest BCUT2D eigenvalue weighted by molar-refractivity contribution is 0.136. The molecule has 1 heterocycles. The second-order valence-corrected chi connectivity index (χ2v) is 7.02. The highest BCUT2D eigenvalue weighted by Crippen LogP contribution is 2.40. The first kappa shape index (κ1) is 15.6. The highest BCUT2D eigenvalue weighted by Gasteiger charge is 2.31. The summed E-state index contributed by atoms with van der Waals surface area (Å²) in [4.78, 5) is 4.43. The third kappa shape index (κ3) is 3.63. The monoisotopic (exact) mass is 278 g/mol. The predicted octanol–water partition coefficient (Wildman–Crippen LogP) is 4.38. The molecule has 1 fully saturated rings. The minimum absolute atomic E-state index is 0.502. The van der Waals surface area contributed by atoms with E-state index in [1.54, 1.807) is 0 Å². The van der Waals surface area contributed by atoms with Crippen molar-refractivity contribution in [3.63, 3.8) is 0 Å². The van der Waals surface area contributed by atoms with Crippen LogP contribution < -0.4 is 5.32 Å². The molecule has 0 aliphatic heterocycles. The van der Waals surface area contributed by atoms with Gasteiger partial charge in [-0.2, -0.15) is 0 Å². The number of aryl methyl sites for hydroxylation is 2. The lowest BCUT2D eigenvalue weighted by Crippen LogP contribution is -2.36. The van der Waals surface area contributed by atoms with Crippen LogP contribution in [0.1, 0.15) is 70.2 Å². The van der Waals surface area contributed by atoms with Gasteiger partial charge in [0, 0.05) is 6.04 Å².